The number of aromatic nitrogens is 2. The van der Waals surface area contributed by atoms with E-state index in [1.807, 2.05) is 12.1 Å². The van der Waals surface area contributed by atoms with Gasteiger partial charge < -0.3 is 25.6 Å². The van der Waals surface area contributed by atoms with Crippen LogP contribution in [0.4, 0.5) is 10.5 Å². The Morgan fingerprint density at radius 2 is 2.33 bits per heavy atom. The number of anilines is 1. The maximum Gasteiger partial charge on any atom is 0.319 e. The minimum Gasteiger partial charge on any atom is -0.394 e. The van der Waals surface area contributed by atoms with Gasteiger partial charge in [-0.3, -0.25) is 0 Å². The van der Waals surface area contributed by atoms with Gasteiger partial charge in [0.2, 0.25) is 0 Å². The highest BCUT2D eigenvalue weighted by atomic mass is 16.3. The van der Waals surface area contributed by atoms with Crippen molar-refractivity contribution in [3.05, 3.63) is 47.5 Å². The predicted octanol–water partition coefficient (Wildman–Crippen LogP) is 1.64. The summed E-state index contributed by atoms with van der Waals surface area (Å²) in [5.41, 5.74) is 3.34. The first-order chi connectivity index (χ1) is 11.7. The molecule has 1 aliphatic rings. The van der Waals surface area contributed by atoms with E-state index in [-0.39, 0.29) is 12.6 Å². The molecule has 2 heterocycles. The van der Waals surface area contributed by atoms with Gasteiger partial charge >= 0.3 is 6.03 Å². The van der Waals surface area contributed by atoms with E-state index in [9.17, 15) is 9.90 Å². The third-order valence-corrected chi connectivity index (χ3v) is 4.23. The molecule has 0 fully saturated rings. The number of rotatable bonds is 4. The number of amides is 2. The van der Waals surface area contributed by atoms with Crippen molar-refractivity contribution in [1.82, 2.24) is 20.2 Å². The van der Waals surface area contributed by atoms with Crippen molar-refractivity contribution >= 4 is 11.7 Å². The Morgan fingerprint density at radius 1 is 1.46 bits per heavy atom. The molecule has 0 saturated heterocycles. The molecular formula is C17H23N5O2. The van der Waals surface area contributed by atoms with Gasteiger partial charge in [-0.2, -0.15) is 0 Å². The molecule has 0 bridgehead atoms. The number of aryl methyl sites for hydroxylation is 1. The zero-order chi connectivity index (χ0) is 16.9. The van der Waals surface area contributed by atoms with Gasteiger partial charge in [0.15, 0.2) is 0 Å². The molecule has 1 unspecified atom stereocenters. The largest absolute Gasteiger partial charge is 0.394 e. The number of hydrogen-bond acceptors (Lipinski definition) is 4. The number of nitrogens with one attached hydrogen (secondary N) is 3. The topological polar surface area (TPSA) is 93.3 Å². The number of fused-ring (bicyclic) bond motifs is 1. The quantitative estimate of drug-likeness (QED) is 0.686. The summed E-state index contributed by atoms with van der Waals surface area (Å²) in [4.78, 5) is 21.4. The summed E-state index contributed by atoms with van der Waals surface area (Å²) < 4.78 is 0. The first-order valence-electron chi connectivity index (χ1n) is 8.13. The number of urea groups is 1. The first-order valence-corrected chi connectivity index (χ1v) is 8.13. The summed E-state index contributed by atoms with van der Waals surface area (Å²) in [6.07, 6.45) is 5.45. The van der Waals surface area contributed by atoms with Crippen molar-refractivity contribution in [2.75, 3.05) is 25.5 Å². The Balaban J connectivity index is 1.66. The lowest BCUT2D eigenvalue weighted by atomic mass is 10.0. The highest BCUT2D eigenvalue weighted by Crippen LogP contribution is 2.22. The monoisotopic (exact) mass is 329 g/mol. The average molecular weight is 329 g/mol. The summed E-state index contributed by atoms with van der Waals surface area (Å²) >= 11 is 0. The number of benzene rings is 1. The molecule has 1 atom stereocenters. The third-order valence-electron chi connectivity index (χ3n) is 4.23. The minimum absolute atomic E-state index is 0.226. The molecule has 128 valence electrons. The van der Waals surface area contributed by atoms with Gasteiger partial charge in [0.1, 0.15) is 11.9 Å². The molecule has 1 aliphatic heterocycles. The molecule has 2 aromatic rings. The van der Waals surface area contributed by atoms with E-state index >= 15 is 0 Å². The number of hydrogen-bond donors (Lipinski definition) is 4. The van der Waals surface area contributed by atoms with Crippen LogP contribution >= 0.6 is 0 Å². The summed E-state index contributed by atoms with van der Waals surface area (Å²) in [7, 11) is 2.11. The van der Waals surface area contributed by atoms with Crippen LogP contribution in [-0.4, -0.2) is 46.2 Å². The second-order valence-electron chi connectivity index (χ2n) is 6.13. The van der Waals surface area contributed by atoms with Crippen LogP contribution in [0.15, 0.2) is 30.6 Å². The SMILES string of the molecule is CN1CCCc2ccc(NC(=O)NC(CO)c3ncc[nH]3)cc2C1. The average Bonchev–Trinajstić information content (AvgIpc) is 3.02. The maximum atomic E-state index is 12.2. The smallest absolute Gasteiger partial charge is 0.319 e. The second-order valence-corrected chi connectivity index (χ2v) is 6.13. The number of aromatic amines is 1. The molecule has 4 N–H and O–H groups in total. The highest BCUT2D eigenvalue weighted by molar-refractivity contribution is 5.89. The zero-order valence-corrected chi connectivity index (χ0v) is 13.7. The van der Waals surface area contributed by atoms with Gasteiger partial charge in [-0.05, 0) is 49.7 Å². The standard InChI is InChI=1S/C17H23N5O2/c1-22-8-2-3-12-4-5-14(9-13(12)10-22)20-17(24)21-15(11-23)16-18-6-7-19-16/h4-7,9,15,23H,2-3,8,10-11H2,1H3,(H,18,19)(H2,20,21,24). The van der Waals surface area contributed by atoms with Gasteiger partial charge in [0.25, 0.3) is 0 Å². The molecule has 7 nitrogen and oxygen atoms in total. The van der Waals surface area contributed by atoms with Crippen LogP contribution in [0.1, 0.15) is 29.4 Å². The fourth-order valence-corrected chi connectivity index (χ4v) is 3.00. The van der Waals surface area contributed by atoms with Crippen molar-refractivity contribution < 1.29 is 9.90 Å². The van der Waals surface area contributed by atoms with E-state index in [2.05, 4.69) is 38.6 Å². The van der Waals surface area contributed by atoms with Crippen LogP contribution in [0.5, 0.6) is 0 Å². The lowest BCUT2D eigenvalue weighted by Gasteiger charge is -2.16. The molecule has 0 radical (unpaired) electrons. The van der Waals surface area contributed by atoms with E-state index in [0.717, 1.165) is 31.6 Å². The summed E-state index contributed by atoms with van der Waals surface area (Å²) in [5, 5.41) is 15.0. The van der Waals surface area contributed by atoms with Crippen LogP contribution in [-0.2, 0) is 13.0 Å². The third kappa shape index (κ3) is 3.93. The molecule has 0 saturated carbocycles. The zero-order valence-electron chi connectivity index (χ0n) is 13.7. The van der Waals surface area contributed by atoms with Gasteiger partial charge in [-0.25, -0.2) is 9.78 Å². The summed E-state index contributed by atoms with van der Waals surface area (Å²) in [6.45, 7) is 1.74. The first kappa shape index (κ1) is 16.5. The Labute approximate surface area is 141 Å². The number of H-pyrrole nitrogens is 1. The summed E-state index contributed by atoms with van der Waals surface area (Å²) in [5.74, 6) is 0.524. The molecule has 1 aromatic carbocycles. The van der Waals surface area contributed by atoms with Crippen LogP contribution in [0, 0.1) is 0 Å². The second kappa shape index (κ2) is 7.46. The maximum absolute atomic E-state index is 12.2. The van der Waals surface area contributed by atoms with Crippen LogP contribution in [0.3, 0.4) is 0 Å². The van der Waals surface area contributed by atoms with Crippen molar-refractivity contribution in [1.29, 1.82) is 0 Å². The van der Waals surface area contributed by atoms with Gasteiger partial charge in [0, 0.05) is 24.6 Å². The molecule has 1 aromatic heterocycles. The van der Waals surface area contributed by atoms with E-state index in [4.69, 9.17) is 0 Å². The van der Waals surface area contributed by atoms with E-state index in [1.54, 1.807) is 12.4 Å². The Kier molecular flexibility index (Phi) is 5.12. The fraction of sp³-hybridized carbons (Fsp3) is 0.412. The molecule has 0 aliphatic carbocycles. The van der Waals surface area contributed by atoms with Crippen LogP contribution in [0.2, 0.25) is 0 Å². The molecule has 7 heteroatoms. The molecule has 2 amide bonds. The van der Waals surface area contributed by atoms with Gasteiger partial charge in [-0.15, -0.1) is 0 Å². The molecular weight excluding hydrogens is 306 g/mol. The van der Waals surface area contributed by atoms with Crippen LogP contribution in [0.25, 0.3) is 0 Å². The molecule has 0 spiro atoms. The van der Waals surface area contributed by atoms with Gasteiger partial charge in [-0.1, -0.05) is 6.07 Å². The molecule has 24 heavy (non-hydrogen) atoms. The number of carbonyl (C=O) groups is 1. The van der Waals surface area contributed by atoms with Crippen LogP contribution < -0.4 is 10.6 Å². The van der Waals surface area contributed by atoms with E-state index in [1.165, 1.54) is 11.1 Å². The summed E-state index contributed by atoms with van der Waals surface area (Å²) in [6, 6.07) is 5.10. The van der Waals surface area contributed by atoms with E-state index < -0.39 is 6.04 Å². The normalized spacial score (nSPS) is 16.1. The molecule has 3 rings (SSSR count). The van der Waals surface area contributed by atoms with Gasteiger partial charge in [0.05, 0.1) is 6.61 Å². The highest BCUT2D eigenvalue weighted by Gasteiger charge is 2.17. The number of aliphatic hydroxyl groups excluding tert-OH is 1. The van der Waals surface area contributed by atoms with Crippen molar-refractivity contribution in [3.8, 4) is 0 Å². The predicted molar refractivity (Wildman–Crippen MR) is 91.7 cm³/mol. The van der Waals surface area contributed by atoms with E-state index in [0.29, 0.717) is 5.82 Å². The minimum atomic E-state index is -0.563. The number of aliphatic hydroxyl groups is 1. The fourth-order valence-electron chi connectivity index (χ4n) is 3.00. The number of nitrogens with zero attached hydrogens (tertiary/aromatic N) is 2. The number of imidazole rings is 1. The Morgan fingerprint density at radius 3 is 3.08 bits per heavy atom. The van der Waals surface area contributed by atoms with Crippen molar-refractivity contribution in [3.63, 3.8) is 0 Å². The number of carbonyl (C=O) groups excluding carboxylic acids is 1. The Hall–Kier alpha value is -2.38. The lowest BCUT2D eigenvalue weighted by Crippen LogP contribution is -2.35. The Bertz CT molecular complexity index is 686. The lowest BCUT2D eigenvalue weighted by molar-refractivity contribution is 0.222. The van der Waals surface area contributed by atoms with Crippen molar-refractivity contribution in [2.24, 2.45) is 0 Å². The van der Waals surface area contributed by atoms with Crippen molar-refractivity contribution in [2.45, 2.75) is 25.4 Å².